The number of nitrogens with one attached hydrogen (secondary N) is 2. The molecule has 7 heteroatoms. The SMILES string of the molecule is O=C(NCc1ccc(C(=O)O)cc1)Nc1cccc(N2CCCCC2=O)c1. The zero-order chi connectivity index (χ0) is 19.2. The molecule has 1 saturated heterocycles. The summed E-state index contributed by atoms with van der Waals surface area (Å²) in [4.78, 5) is 36.7. The van der Waals surface area contributed by atoms with E-state index < -0.39 is 5.97 Å². The molecule has 2 aromatic carbocycles. The average Bonchev–Trinajstić information content (AvgIpc) is 2.67. The van der Waals surface area contributed by atoms with E-state index in [2.05, 4.69) is 10.6 Å². The average molecular weight is 367 g/mol. The van der Waals surface area contributed by atoms with Crippen molar-refractivity contribution in [3.05, 3.63) is 59.7 Å². The Labute approximate surface area is 157 Å². The van der Waals surface area contributed by atoms with Gasteiger partial charge in [-0.3, -0.25) is 4.79 Å². The lowest BCUT2D eigenvalue weighted by molar-refractivity contribution is -0.119. The summed E-state index contributed by atoms with van der Waals surface area (Å²) >= 11 is 0. The van der Waals surface area contributed by atoms with E-state index in [0.29, 0.717) is 18.7 Å². The van der Waals surface area contributed by atoms with Gasteiger partial charge in [-0.05, 0) is 48.7 Å². The monoisotopic (exact) mass is 367 g/mol. The van der Waals surface area contributed by atoms with Crippen molar-refractivity contribution in [1.29, 1.82) is 0 Å². The minimum atomic E-state index is -0.987. The number of carbonyl (C=O) groups excluding carboxylic acids is 2. The molecule has 1 aliphatic rings. The van der Waals surface area contributed by atoms with Gasteiger partial charge in [0.25, 0.3) is 0 Å². The molecule has 7 nitrogen and oxygen atoms in total. The van der Waals surface area contributed by atoms with E-state index in [1.165, 1.54) is 12.1 Å². The maximum Gasteiger partial charge on any atom is 0.335 e. The Bertz CT molecular complexity index is 849. The van der Waals surface area contributed by atoms with Gasteiger partial charge in [-0.25, -0.2) is 9.59 Å². The third kappa shape index (κ3) is 4.84. The maximum atomic E-state index is 12.1. The Kier molecular flexibility index (Phi) is 5.71. The minimum Gasteiger partial charge on any atom is -0.478 e. The zero-order valence-corrected chi connectivity index (χ0v) is 14.8. The van der Waals surface area contributed by atoms with Crippen LogP contribution in [0.25, 0.3) is 0 Å². The lowest BCUT2D eigenvalue weighted by Gasteiger charge is -2.27. The molecule has 3 amide bonds. The predicted octanol–water partition coefficient (Wildman–Crippen LogP) is 3.22. The fourth-order valence-electron chi connectivity index (χ4n) is 2.95. The number of piperidine rings is 1. The first-order chi connectivity index (χ1) is 13.0. The largest absolute Gasteiger partial charge is 0.478 e. The van der Waals surface area contributed by atoms with Gasteiger partial charge in [-0.1, -0.05) is 18.2 Å². The first kappa shape index (κ1) is 18.4. The minimum absolute atomic E-state index is 0.104. The second-order valence-corrected chi connectivity index (χ2v) is 6.36. The van der Waals surface area contributed by atoms with Gasteiger partial charge in [0.15, 0.2) is 0 Å². The molecular formula is C20H21N3O4. The molecule has 0 saturated carbocycles. The lowest BCUT2D eigenvalue weighted by atomic mass is 10.1. The fourth-order valence-corrected chi connectivity index (χ4v) is 2.95. The number of hydrogen-bond acceptors (Lipinski definition) is 3. The number of rotatable bonds is 5. The van der Waals surface area contributed by atoms with E-state index in [1.54, 1.807) is 35.2 Å². The van der Waals surface area contributed by atoms with Crippen molar-refractivity contribution in [2.45, 2.75) is 25.8 Å². The van der Waals surface area contributed by atoms with Crippen LogP contribution in [0.2, 0.25) is 0 Å². The number of carboxylic acid groups (broad SMARTS) is 1. The van der Waals surface area contributed by atoms with Gasteiger partial charge >= 0.3 is 12.0 Å². The van der Waals surface area contributed by atoms with Crippen molar-refractivity contribution in [3.8, 4) is 0 Å². The number of benzene rings is 2. The Morgan fingerprint density at radius 3 is 2.56 bits per heavy atom. The predicted molar refractivity (Wildman–Crippen MR) is 102 cm³/mol. The standard InChI is InChI=1S/C20H21N3O4/c24-18-6-1-2-11-23(18)17-5-3-4-16(12-17)22-20(27)21-13-14-7-9-15(10-8-14)19(25)26/h3-5,7-10,12H,1-2,6,11,13H2,(H,25,26)(H2,21,22,27). The van der Waals surface area contributed by atoms with Crippen LogP contribution in [0.4, 0.5) is 16.2 Å². The van der Waals surface area contributed by atoms with E-state index in [9.17, 15) is 14.4 Å². The number of anilines is 2. The second-order valence-electron chi connectivity index (χ2n) is 6.36. The van der Waals surface area contributed by atoms with Crippen LogP contribution in [-0.4, -0.2) is 29.6 Å². The summed E-state index contributed by atoms with van der Waals surface area (Å²) in [6.07, 6.45) is 2.45. The third-order valence-corrected chi connectivity index (χ3v) is 4.39. The van der Waals surface area contributed by atoms with Crippen LogP contribution in [0.3, 0.4) is 0 Å². The molecule has 0 unspecified atom stereocenters. The third-order valence-electron chi connectivity index (χ3n) is 4.39. The molecule has 0 aliphatic carbocycles. The van der Waals surface area contributed by atoms with Gasteiger partial charge in [0, 0.05) is 30.9 Å². The Morgan fingerprint density at radius 1 is 1.07 bits per heavy atom. The van der Waals surface area contributed by atoms with Crippen molar-refractivity contribution < 1.29 is 19.5 Å². The first-order valence-electron chi connectivity index (χ1n) is 8.80. The maximum absolute atomic E-state index is 12.1. The highest BCUT2D eigenvalue weighted by Crippen LogP contribution is 2.23. The van der Waals surface area contributed by atoms with Crippen LogP contribution < -0.4 is 15.5 Å². The molecule has 0 spiro atoms. The summed E-state index contributed by atoms with van der Waals surface area (Å²) in [5.41, 5.74) is 2.38. The summed E-state index contributed by atoms with van der Waals surface area (Å²) < 4.78 is 0. The molecule has 0 aromatic heterocycles. The van der Waals surface area contributed by atoms with Crippen LogP contribution >= 0.6 is 0 Å². The number of nitrogens with zero attached hydrogens (tertiary/aromatic N) is 1. The van der Waals surface area contributed by atoms with Gasteiger partial charge < -0.3 is 20.6 Å². The van der Waals surface area contributed by atoms with Crippen LogP contribution in [0.15, 0.2) is 48.5 Å². The van der Waals surface area contributed by atoms with Gasteiger partial charge in [0.2, 0.25) is 5.91 Å². The smallest absolute Gasteiger partial charge is 0.335 e. The number of amides is 3. The first-order valence-corrected chi connectivity index (χ1v) is 8.80. The molecule has 0 radical (unpaired) electrons. The van der Waals surface area contributed by atoms with Crippen LogP contribution in [0.5, 0.6) is 0 Å². The zero-order valence-electron chi connectivity index (χ0n) is 14.8. The molecule has 27 heavy (non-hydrogen) atoms. The van der Waals surface area contributed by atoms with Crippen molar-refractivity contribution >= 4 is 29.3 Å². The highest BCUT2D eigenvalue weighted by atomic mass is 16.4. The summed E-state index contributed by atoms with van der Waals surface area (Å²) in [5.74, 6) is -0.882. The van der Waals surface area contributed by atoms with Crippen molar-refractivity contribution in [3.63, 3.8) is 0 Å². The number of carbonyl (C=O) groups is 3. The molecule has 1 aliphatic heterocycles. The van der Waals surface area contributed by atoms with Gasteiger partial charge in [-0.2, -0.15) is 0 Å². The van der Waals surface area contributed by atoms with E-state index in [0.717, 1.165) is 24.1 Å². The number of aromatic carboxylic acids is 1. The van der Waals surface area contributed by atoms with Crippen LogP contribution in [0.1, 0.15) is 35.2 Å². The molecule has 0 atom stereocenters. The molecular weight excluding hydrogens is 346 g/mol. The van der Waals surface area contributed by atoms with Crippen LogP contribution in [-0.2, 0) is 11.3 Å². The second kappa shape index (κ2) is 8.35. The lowest BCUT2D eigenvalue weighted by Crippen LogP contribution is -2.35. The summed E-state index contributed by atoms with van der Waals surface area (Å²) in [6, 6.07) is 13.1. The molecule has 1 heterocycles. The fraction of sp³-hybridized carbons (Fsp3) is 0.250. The molecule has 0 bridgehead atoms. The molecule has 1 fully saturated rings. The summed E-state index contributed by atoms with van der Waals surface area (Å²) in [5, 5.41) is 14.4. The molecule has 3 N–H and O–H groups in total. The number of urea groups is 1. The van der Waals surface area contributed by atoms with E-state index in [4.69, 9.17) is 5.11 Å². The Balaban J connectivity index is 1.57. The van der Waals surface area contributed by atoms with Crippen LogP contribution in [0, 0.1) is 0 Å². The highest BCUT2D eigenvalue weighted by Gasteiger charge is 2.19. The summed E-state index contributed by atoms with van der Waals surface area (Å²) in [7, 11) is 0. The topological polar surface area (TPSA) is 98.7 Å². The quantitative estimate of drug-likeness (QED) is 0.755. The number of carboxylic acids is 1. The van der Waals surface area contributed by atoms with Gasteiger partial charge in [0.1, 0.15) is 0 Å². The normalized spacial score (nSPS) is 13.9. The van der Waals surface area contributed by atoms with Crippen molar-refractivity contribution in [2.24, 2.45) is 0 Å². The van der Waals surface area contributed by atoms with Gasteiger partial charge in [0.05, 0.1) is 5.56 Å². The Morgan fingerprint density at radius 2 is 1.85 bits per heavy atom. The Hall–Kier alpha value is -3.35. The van der Waals surface area contributed by atoms with E-state index >= 15 is 0 Å². The van der Waals surface area contributed by atoms with Gasteiger partial charge in [-0.15, -0.1) is 0 Å². The summed E-state index contributed by atoms with van der Waals surface area (Å²) in [6.45, 7) is 0.969. The molecule has 140 valence electrons. The molecule has 3 rings (SSSR count). The highest BCUT2D eigenvalue weighted by molar-refractivity contribution is 5.95. The number of hydrogen-bond donors (Lipinski definition) is 3. The van der Waals surface area contributed by atoms with Crippen molar-refractivity contribution in [1.82, 2.24) is 5.32 Å². The van der Waals surface area contributed by atoms with Crippen molar-refractivity contribution in [2.75, 3.05) is 16.8 Å². The van der Waals surface area contributed by atoms with E-state index in [1.807, 2.05) is 6.07 Å². The molecule has 2 aromatic rings. The van der Waals surface area contributed by atoms with E-state index in [-0.39, 0.29) is 24.0 Å².